The minimum Gasteiger partial charge on any atom is -0.310 e. The standard InChI is InChI=1S/C46H31N/c1-3-9-32(10-4-1)33-15-17-34(18-16-33)35-25-28-41(29-26-35)47(40-12-5-2-6-13-40)42-30-27-37-20-22-39-24-23-38-21-19-36-11-7-8-14-43(36)45(38)46(39)44(37)31-42/h1-31H. The lowest BCUT2D eigenvalue weighted by Gasteiger charge is -2.26. The normalized spacial score (nSPS) is 11.4. The van der Waals surface area contributed by atoms with Crippen LogP contribution < -0.4 is 4.90 Å². The van der Waals surface area contributed by atoms with Gasteiger partial charge in [-0.3, -0.25) is 0 Å². The summed E-state index contributed by atoms with van der Waals surface area (Å²) in [5, 5.41) is 10.2. The Morgan fingerprint density at radius 3 is 1.30 bits per heavy atom. The van der Waals surface area contributed by atoms with Gasteiger partial charge in [-0.1, -0.05) is 152 Å². The molecule has 0 bridgehead atoms. The molecule has 9 rings (SSSR count). The summed E-state index contributed by atoms with van der Waals surface area (Å²) in [6, 6.07) is 68.2. The SMILES string of the molecule is c1ccc(-c2ccc(-c3ccc(N(c4ccccc4)c4ccc5ccc6ccc7ccc8ccccc8c7c6c5c4)cc3)cc2)cc1. The van der Waals surface area contributed by atoms with Gasteiger partial charge in [0.1, 0.15) is 0 Å². The van der Waals surface area contributed by atoms with E-state index in [1.54, 1.807) is 0 Å². The minimum atomic E-state index is 1.12. The van der Waals surface area contributed by atoms with E-state index in [1.165, 1.54) is 65.3 Å². The Labute approximate surface area is 274 Å². The molecule has 0 heterocycles. The zero-order chi connectivity index (χ0) is 31.2. The Morgan fingerprint density at radius 1 is 0.255 bits per heavy atom. The first-order valence-corrected chi connectivity index (χ1v) is 16.2. The summed E-state index contributed by atoms with van der Waals surface area (Å²) in [5.74, 6) is 0. The number of fused-ring (bicyclic) bond motifs is 7. The number of benzene rings is 9. The fourth-order valence-electron chi connectivity index (χ4n) is 7.08. The molecule has 0 N–H and O–H groups in total. The lowest BCUT2D eigenvalue weighted by atomic mass is 9.92. The Hall–Kier alpha value is -6.18. The van der Waals surface area contributed by atoms with Crippen molar-refractivity contribution in [3.05, 3.63) is 188 Å². The number of nitrogens with zero attached hydrogens (tertiary/aromatic N) is 1. The van der Waals surface area contributed by atoms with E-state index in [4.69, 9.17) is 0 Å². The molecule has 0 amide bonds. The number of hydrogen-bond acceptors (Lipinski definition) is 1. The maximum atomic E-state index is 2.38. The molecular formula is C46H31N. The van der Waals surface area contributed by atoms with Crippen LogP contribution in [0.15, 0.2) is 188 Å². The molecule has 0 fully saturated rings. The van der Waals surface area contributed by atoms with E-state index >= 15 is 0 Å². The van der Waals surface area contributed by atoms with Crippen molar-refractivity contribution in [1.82, 2.24) is 0 Å². The quantitative estimate of drug-likeness (QED) is 0.178. The molecule has 220 valence electrons. The molecule has 47 heavy (non-hydrogen) atoms. The molecule has 9 aromatic rings. The van der Waals surface area contributed by atoms with Crippen molar-refractivity contribution in [1.29, 1.82) is 0 Å². The lowest BCUT2D eigenvalue weighted by Crippen LogP contribution is -2.09. The van der Waals surface area contributed by atoms with E-state index in [1.807, 2.05) is 0 Å². The average molecular weight is 598 g/mol. The maximum Gasteiger partial charge on any atom is 0.0468 e. The summed E-state index contributed by atoms with van der Waals surface area (Å²) in [6.07, 6.45) is 0. The van der Waals surface area contributed by atoms with E-state index in [9.17, 15) is 0 Å². The van der Waals surface area contributed by atoms with Gasteiger partial charge in [0.15, 0.2) is 0 Å². The lowest BCUT2D eigenvalue weighted by molar-refractivity contribution is 1.29. The second-order valence-corrected chi connectivity index (χ2v) is 12.2. The van der Waals surface area contributed by atoms with Gasteiger partial charge in [0.2, 0.25) is 0 Å². The van der Waals surface area contributed by atoms with Gasteiger partial charge >= 0.3 is 0 Å². The van der Waals surface area contributed by atoms with Crippen LogP contribution in [-0.2, 0) is 0 Å². The van der Waals surface area contributed by atoms with Crippen LogP contribution in [0.4, 0.5) is 17.1 Å². The zero-order valence-electron chi connectivity index (χ0n) is 25.8. The molecule has 0 spiro atoms. The first-order valence-electron chi connectivity index (χ1n) is 16.2. The van der Waals surface area contributed by atoms with Crippen molar-refractivity contribution in [3.8, 4) is 22.3 Å². The third kappa shape index (κ3) is 4.81. The number of para-hydroxylation sites is 1. The molecule has 0 aromatic heterocycles. The van der Waals surface area contributed by atoms with Gasteiger partial charge in [0.25, 0.3) is 0 Å². The first kappa shape index (κ1) is 27.2. The molecule has 0 aliphatic carbocycles. The summed E-state index contributed by atoms with van der Waals surface area (Å²) in [7, 11) is 0. The predicted molar refractivity (Wildman–Crippen MR) is 202 cm³/mol. The highest BCUT2D eigenvalue weighted by atomic mass is 15.1. The van der Waals surface area contributed by atoms with E-state index in [0.29, 0.717) is 0 Å². The monoisotopic (exact) mass is 597 g/mol. The fraction of sp³-hybridized carbons (Fsp3) is 0. The molecule has 0 saturated heterocycles. The summed E-state index contributed by atoms with van der Waals surface area (Å²) in [5.41, 5.74) is 8.25. The van der Waals surface area contributed by atoms with E-state index in [0.717, 1.165) is 17.1 Å². The van der Waals surface area contributed by atoms with Gasteiger partial charge in [-0.05, 0) is 102 Å². The predicted octanol–water partition coefficient (Wildman–Crippen LogP) is 13.1. The van der Waals surface area contributed by atoms with Crippen LogP contribution in [0.5, 0.6) is 0 Å². The molecular weight excluding hydrogens is 567 g/mol. The minimum absolute atomic E-state index is 1.12. The molecule has 0 radical (unpaired) electrons. The molecule has 0 aliphatic rings. The highest BCUT2D eigenvalue weighted by molar-refractivity contribution is 6.27. The Kier molecular flexibility index (Phi) is 6.54. The van der Waals surface area contributed by atoms with E-state index < -0.39 is 0 Å². The molecule has 0 atom stereocenters. The molecule has 0 saturated carbocycles. The Bertz CT molecular complexity index is 2520. The van der Waals surface area contributed by atoms with Crippen LogP contribution >= 0.6 is 0 Å². The van der Waals surface area contributed by atoms with Crippen LogP contribution in [0.25, 0.3) is 65.3 Å². The second kappa shape index (κ2) is 11.3. The smallest absolute Gasteiger partial charge is 0.0468 e. The molecule has 1 heteroatoms. The number of anilines is 3. The van der Waals surface area contributed by atoms with Crippen molar-refractivity contribution in [2.75, 3.05) is 4.90 Å². The van der Waals surface area contributed by atoms with Crippen molar-refractivity contribution >= 4 is 60.2 Å². The van der Waals surface area contributed by atoms with Gasteiger partial charge in [0, 0.05) is 17.1 Å². The highest BCUT2D eigenvalue weighted by Gasteiger charge is 2.15. The van der Waals surface area contributed by atoms with Gasteiger partial charge in [-0.15, -0.1) is 0 Å². The van der Waals surface area contributed by atoms with Gasteiger partial charge < -0.3 is 4.90 Å². The Morgan fingerprint density at radius 2 is 0.660 bits per heavy atom. The molecule has 9 aromatic carbocycles. The summed E-state index contributed by atoms with van der Waals surface area (Å²) in [4.78, 5) is 2.36. The van der Waals surface area contributed by atoms with Crippen LogP contribution in [0.3, 0.4) is 0 Å². The van der Waals surface area contributed by atoms with Crippen molar-refractivity contribution in [2.24, 2.45) is 0 Å². The van der Waals surface area contributed by atoms with Crippen LogP contribution in [0, 0.1) is 0 Å². The van der Waals surface area contributed by atoms with Crippen molar-refractivity contribution < 1.29 is 0 Å². The zero-order valence-corrected chi connectivity index (χ0v) is 25.8. The van der Waals surface area contributed by atoms with E-state index in [2.05, 4.69) is 193 Å². The van der Waals surface area contributed by atoms with Gasteiger partial charge in [-0.25, -0.2) is 0 Å². The van der Waals surface area contributed by atoms with Crippen molar-refractivity contribution in [3.63, 3.8) is 0 Å². The van der Waals surface area contributed by atoms with Gasteiger partial charge in [-0.2, -0.15) is 0 Å². The first-order chi connectivity index (χ1) is 23.3. The van der Waals surface area contributed by atoms with Gasteiger partial charge in [0.05, 0.1) is 0 Å². The summed E-state index contributed by atoms with van der Waals surface area (Å²) >= 11 is 0. The molecule has 0 aliphatic heterocycles. The molecule has 1 nitrogen and oxygen atoms in total. The summed E-state index contributed by atoms with van der Waals surface area (Å²) in [6.45, 7) is 0. The van der Waals surface area contributed by atoms with Crippen LogP contribution in [0.1, 0.15) is 0 Å². The fourth-order valence-corrected chi connectivity index (χ4v) is 7.08. The maximum absolute atomic E-state index is 2.38. The topological polar surface area (TPSA) is 3.24 Å². The highest BCUT2D eigenvalue weighted by Crippen LogP contribution is 2.41. The second-order valence-electron chi connectivity index (χ2n) is 12.2. The number of hydrogen-bond donors (Lipinski definition) is 0. The average Bonchev–Trinajstić information content (AvgIpc) is 3.15. The number of rotatable bonds is 5. The van der Waals surface area contributed by atoms with Crippen LogP contribution in [-0.4, -0.2) is 0 Å². The van der Waals surface area contributed by atoms with E-state index in [-0.39, 0.29) is 0 Å². The van der Waals surface area contributed by atoms with Crippen LogP contribution in [0.2, 0.25) is 0 Å². The Balaban J connectivity index is 1.18. The molecule has 0 unspecified atom stereocenters. The third-order valence-electron chi connectivity index (χ3n) is 9.41. The largest absolute Gasteiger partial charge is 0.310 e. The third-order valence-corrected chi connectivity index (χ3v) is 9.41. The summed E-state index contributed by atoms with van der Waals surface area (Å²) < 4.78 is 0. The van der Waals surface area contributed by atoms with Crippen molar-refractivity contribution in [2.45, 2.75) is 0 Å².